The minimum absolute atomic E-state index is 0.268. The second-order valence-corrected chi connectivity index (χ2v) is 5.54. The van der Waals surface area contributed by atoms with Crippen molar-refractivity contribution in [2.45, 2.75) is 19.5 Å². The fourth-order valence-corrected chi connectivity index (χ4v) is 2.48. The third-order valence-electron chi connectivity index (χ3n) is 3.10. The Morgan fingerprint density at radius 2 is 2.00 bits per heavy atom. The molecule has 0 radical (unpaired) electrons. The van der Waals surface area contributed by atoms with Crippen LogP contribution in [0.4, 0.5) is 8.78 Å². The summed E-state index contributed by atoms with van der Waals surface area (Å²) in [6.07, 6.45) is -0.997. The molecule has 0 spiro atoms. The standard InChI is InChI=1S/C15H15BrF2N2O/c1-19(9-11-5-2-3-6-12(11)16)15(21)13-7-4-8-20(13)10-14(17)18/h2-8,14H,9-10H2,1H3. The molecule has 0 bridgehead atoms. The van der Waals surface area contributed by atoms with E-state index in [-0.39, 0.29) is 11.6 Å². The summed E-state index contributed by atoms with van der Waals surface area (Å²) >= 11 is 3.43. The molecule has 2 rings (SSSR count). The van der Waals surface area contributed by atoms with Gasteiger partial charge in [-0.05, 0) is 23.8 Å². The molecule has 1 amide bonds. The van der Waals surface area contributed by atoms with E-state index < -0.39 is 13.0 Å². The second kappa shape index (κ2) is 6.85. The second-order valence-electron chi connectivity index (χ2n) is 4.69. The number of alkyl halides is 2. The van der Waals surface area contributed by atoms with E-state index >= 15 is 0 Å². The summed E-state index contributed by atoms with van der Waals surface area (Å²) in [6, 6.07) is 10.7. The van der Waals surface area contributed by atoms with Crippen molar-refractivity contribution in [1.29, 1.82) is 0 Å². The highest BCUT2D eigenvalue weighted by Crippen LogP contribution is 2.18. The molecule has 0 fully saturated rings. The third-order valence-corrected chi connectivity index (χ3v) is 3.87. The van der Waals surface area contributed by atoms with E-state index in [4.69, 9.17) is 0 Å². The molecule has 112 valence electrons. The number of hydrogen-bond donors (Lipinski definition) is 0. The highest BCUT2D eigenvalue weighted by molar-refractivity contribution is 9.10. The third kappa shape index (κ3) is 3.91. The summed E-state index contributed by atoms with van der Waals surface area (Å²) in [5.41, 5.74) is 1.23. The fraction of sp³-hybridized carbons (Fsp3) is 0.267. The molecule has 21 heavy (non-hydrogen) atoms. The molecule has 1 aromatic heterocycles. The van der Waals surface area contributed by atoms with Crippen molar-refractivity contribution < 1.29 is 13.6 Å². The number of carbonyl (C=O) groups excluding carboxylic acids is 1. The van der Waals surface area contributed by atoms with Gasteiger partial charge in [0.15, 0.2) is 0 Å². The molecule has 0 aliphatic heterocycles. The van der Waals surface area contributed by atoms with Crippen molar-refractivity contribution in [3.05, 3.63) is 58.3 Å². The minimum atomic E-state index is -2.49. The molecule has 1 heterocycles. The molecular weight excluding hydrogens is 342 g/mol. The SMILES string of the molecule is CN(Cc1ccccc1Br)C(=O)c1cccn1CC(F)F. The van der Waals surface area contributed by atoms with Crippen LogP contribution in [0.2, 0.25) is 0 Å². The monoisotopic (exact) mass is 356 g/mol. The van der Waals surface area contributed by atoms with E-state index in [1.165, 1.54) is 15.7 Å². The van der Waals surface area contributed by atoms with E-state index in [0.29, 0.717) is 6.54 Å². The van der Waals surface area contributed by atoms with E-state index in [1.807, 2.05) is 24.3 Å². The lowest BCUT2D eigenvalue weighted by atomic mass is 10.2. The zero-order valence-corrected chi connectivity index (χ0v) is 13.1. The maximum atomic E-state index is 12.5. The van der Waals surface area contributed by atoms with Crippen molar-refractivity contribution in [1.82, 2.24) is 9.47 Å². The van der Waals surface area contributed by atoms with Gasteiger partial charge in [0.1, 0.15) is 5.69 Å². The first-order valence-electron chi connectivity index (χ1n) is 6.41. The Labute approximate surface area is 130 Å². The van der Waals surface area contributed by atoms with Gasteiger partial charge >= 0.3 is 0 Å². The van der Waals surface area contributed by atoms with Gasteiger partial charge in [-0.1, -0.05) is 34.1 Å². The highest BCUT2D eigenvalue weighted by Gasteiger charge is 2.18. The van der Waals surface area contributed by atoms with Gasteiger partial charge in [0.05, 0.1) is 6.54 Å². The molecule has 0 atom stereocenters. The van der Waals surface area contributed by atoms with E-state index in [2.05, 4.69) is 15.9 Å². The molecule has 0 saturated heterocycles. The molecule has 3 nitrogen and oxygen atoms in total. The first kappa shape index (κ1) is 15.7. The zero-order valence-electron chi connectivity index (χ0n) is 11.5. The summed E-state index contributed by atoms with van der Waals surface area (Å²) in [5, 5.41) is 0. The molecule has 1 aromatic carbocycles. The highest BCUT2D eigenvalue weighted by atomic mass is 79.9. The van der Waals surface area contributed by atoms with Crippen LogP contribution in [0, 0.1) is 0 Å². The lowest BCUT2D eigenvalue weighted by Crippen LogP contribution is -2.29. The molecular formula is C15H15BrF2N2O. The van der Waals surface area contributed by atoms with Gasteiger partial charge in [-0.3, -0.25) is 4.79 Å². The quantitative estimate of drug-likeness (QED) is 0.799. The van der Waals surface area contributed by atoms with Gasteiger partial charge in [-0.15, -0.1) is 0 Å². The van der Waals surface area contributed by atoms with Gasteiger partial charge in [0.2, 0.25) is 0 Å². The van der Waals surface area contributed by atoms with Crippen LogP contribution in [0.15, 0.2) is 47.1 Å². The Hall–Kier alpha value is -1.69. The first-order chi connectivity index (χ1) is 9.99. The van der Waals surface area contributed by atoms with Crippen molar-refractivity contribution in [2.75, 3.05) is 7.05 Å². The maximum absolute atomic E-state index is 12.5. The largest absolute Gasteiger partial charge is 0.338 e. The van der Waals surface area contributed by atoms with Gasteiger partial charge in [-0.25, -0.2) is 8.78 Å². The van der Waals surface area contributed by atoms with Crippen molar-refractivity contribution in [3.63, 3.8) is 0 Å². The van der Waals surface area contributed by atoms with Crippen LogP contribution in [0.1, 0.15) is 16.1 Å². The Bertz CT molecular complexity index is 628. The Balaban J connectivity index is 2.13. The predicted molar refractivity (Wildman–Crippen MR) is 80.4 cm³/mol. The number of amides is 1. The van der Waals surface area contributed by atoms with E-state index in [9.17, 15) is 13.6 Å². The molecule has 0 saturated carbocycles. The van der Waals surface area contributed by atoms with Crippen LogP contribution >= 0.6 is 15.9 Å². The Morgan fingerprint density at radius 3 is 2.67 bits per heavy atom. The maximum Gasteiger partial charge on any atom is 0.270 e. The van der Waals surface area contributed by atoms with Crippen molar-refractivity contribution in [2.24, 2.45) is 0 Å². The first-order valence-corrected chi connectivity index (χ1v) is 7.20. The predicted octanol–water partition coefficient (Wildman–Crippen LogP) is 3.79. The van der Waals surface area contributed by atoms with Crippen LogP contribution in [0.5, 0.6) is 0 Å². The van der Waals surface area contributed by atoms with Crippen molar-refractivity contribution >= 4 is 21.8 Å². The van der Waals surface area contributed by atoms with E-state index in [1.54, 1.807) is 19.2 Å². The molecule has 0 unspecified atom stereocenters. The van der Waals surface area contributed by atoms with Gasteiger partial charge in [-0.2, -0.15) is 0 Å². The lowest BCUT2D eigenvalue weighted by molar-refractivity contribution is 0.0763. The summed E-state index contributed by atoms with van der Waals surface area (Å²) < 4.78 is 27.2. The average Bonchev–Trinajstić information content (AvgIpc) is 2.87. The van der Waals surface area contributed by atoms with Crippen LogP contribution in [0.25, 0.3) is 0 Å². The Morgan fingerprint density at radius 1 is 1.29 bits per heavy atom. The van der Waals surface area contributed by atoms with Gasteiger partial charge < -0.3 is 9.47 Å². The molecule has 0 N–H and O–H groups in total. The molecule has 2 aromatic rings. The minimum Gasteiger partial charge on any atom is -0.338 e. The summed E-state index contributed by atoms with van der Waals surface area (Å²) in [5.74, 6) is -0.281. The fourth-order valence-electron chi connectivity index (χ4n) is 2.07. The van der Waals surface area contributed by atoms with Gasteiger partial charge in [0.25, 0.3) is 12.3 Å². The zero-order chi connectivity index (χ0) is 15.4. The summed E-state index contributed by atoms with van der Waals surface area (Å²) in [4.78, 5) is 13.9. The number of aromatic nitrogens is 1. The number of halogens is 3. The molecule has 0 aliphatic rings. The van der Waals surface area contributed by atoms with Crippen LogP contribution in [-0.4, -0.2) is 28.8 Å². The number of hydrogen-bond acceptors (Lipinski definition) is 1. The molecule has 6 heteroatoms. The number of nitrogens with zero attached hydrogens (tertiary/aromatic N) is 2. The van der Waals surface area contributed by atoms with Crippen molar-refractivity contribution in [3.8, 4) is 0 Å². The topological polar surface area (TPSA) is 25.2 Å². The normalized spacial score (nSPS) is 10.9. The number of carbonyl (C=O) groups is 1. The number of benzene rings is 1. The summed E-state index contributed by atoms with van der Waals surface area (Å²) in [7, 11) is 1.65. The number of rotatable bonds is 5. The smallest absolute Gasteiger partial charge is 0.270 e. The average molecular weight is 357 g/mol. The van der Waals surface area contributed by atoms with Crippen LogP contribution in [0.3, 0.4) is 0 Å². The Kier molecular flexibility index (Phi) is 5.12. The van der Waals surface area contributed by atoms with Crippen LogP contribution < -0.4 is 0 Å². The van der Waals surface area contributed by atoms with Crippen LogP contribution in [-0.2, 0) is 13.1 Å². The lowest BCUT2D eigenvalue weighted by Gasteiger charge is -2.19. The molecule has 0 aliphatic carbocycles. The van der Waals surface area contributed by atoms with Gasteiger partial charge in [0, 0.05) is 24.3 Å². The summed E-state index contributed by atoms with van der Waals surface area (Å²) in [6.45, 7) is -0.0724. The van der Waals surface area contributed by atoms with E-state index in [0.717, 1.165) is 10.0 Å².